The van der Waals surface area contributed by atoms with Crippen LogP contribution in [0.3, 0.4) is 0 Å². The van der Waals surface area contributed by atoms with E-state index in [9.17, 15) is 14.0 Å². The number of rotatable bonds is 7. The SMILES string of the molecule is COc1cc(/C=C2\NC(=O)N(Cc3ccc(Cl)cc3)C2=O)ccc1OCc1ccc(F)cc1. The van der Waals surface area contributed by atoms with Crippen molar-refractivity contribution in [3.05, 3.63) is 100.0 Å². The third kappa shape index (κ3) is 5.32. The second kappa shape index (κ2) is 9.75. The first-order valence-electron chi connectivity index (χ1n) is 10.1. The first-order chi connectivity index (χ1) is 15.9. The Labute approximate surface area is 195 Å². The van der Waals surface area contributed by atoms with E-state index in [0.717, 1.165) is 16.0 Å². The van der Waals surface area contributed by atoms with Gasteiger partial charge in [0.25, 0.3) is 5.91 Å². The number of urea groups is 1. The summed E-state index contributed by atoms with van der Waals surface area (Å²) in [4.78, 5) is 26.2. The van der Waals surface area contributed by atoms with Crippen molar-refractivity contribution in [2.24, 2.45) is 0 Å². The lowest BCUT2D eigenvalue weighted by molar-refractivity contribution is -0.123. The Kier molecular flexibility index (Phi) is 6.60. The maximum Gasteiger partial charge on any atom is 0.329 e. The summed E-state index contributed by atoms with van der Waals surface area (Å²) in [5.74, 6) is 0.218. The van der Waals surface area contributed by atoms with Crippen LogP contribution in [0.2, 0.25) is 5.02 Å². The summed E-state index contributed by atoms with van der Waals surface area (Å²) in [7, 11) is 1.51. The van der Waals surface area contributed by atoms with Crippen LogP contribution in [0.25, 0.3) is 6.08 Å². The van der Waals surface area contributed by atoms with Crippen molar-refractivity contribution >= 4 is 29.6 Å². The topological polar surface area (TPSA) is 67.9 Å². The number of imide groups is 1. The lowest BCUT2D eigenvalue weighted by atomic mass is 10.1. The maximum absolute atomic E-state index is 13.1. The number of ether oxygens (including phenoxy) is 2. The average Bonchev–Trinajstić information content (AvgIpc) is 3.07. The molecule has 168 valence electrons. The van der Waals surface area contributed by atoms with Gasteiger partial charge in [0.2, 0.25) is 0 Å². The molecule has 1 fully saturated rings. The maximum atomic E-state index is 13.1. The Hall–Kier alpha value is -3.84. The van der Waals surface area contributed by atoms with E-state index >= 15 is 0 Å². The number of nitrogens with one attached hydrogen (secondary N) is 1. The smallest absolute Gasteiger partial charge is 0.329 e. The summed E-state index contributed by atoms with van der Waals surface area (Å²) < 4.78 is 24.2. The highest BCUT2D eigenvalue weighted by Gasteiger charge is 2.33. The number of carbonyl (C=O) groups is 2. The molecule has 8 heteroatoms. The van der Waals surface area contributed by atoms with Gasteiger partial charge in [-0.3, -0.25) is 9.69 Å². The van der Waals surface area contributed by atoms with Crippen molar-refractivity contribution in [2.75, 3.05) is 7.11 Å². The fourth-order valence-corrected chi connectivity index (χ4v) is 3.42. The van der Waals surface area contributed by atoms with Gasteiger partial charge in [-0.2, -0.15) is 0 Å². The fraction of sp³-hybridized carbons (Fsp3) is 0.120. The monoisotopic (exact) mass is 466 g/mol. The van der Waals surface area contributed by atoms with E-state index in [1.54, 1.807) is 60.7 Å². The number of carbonyl (C=O) groups excluding carboxylic acids is 2. The second-order valence-electron chi connectivity index (χ2n) is 7.33. The molecule has 6 nitrogen and oxygen atoms in total. The van der Waals surface area contributed by atoms with Crippen LogP contribution in [0.5, 0.6) is 11.5 Å². The third-order valence-corrected chi connectivity index (χ3v) is 5.27. The first-order valence-corrected chi connectivity index (χ1v) is 10.4. The Morgan fingerprint density at radius 1 is 0.970 bits per heavy atom. The number of benzene rings is 3. The van der Waals surface area contributed by atoms with Crippen LogP contribution < -0.4 is 14.8 Å². The second-order valence-corrected chi connectivity index (χ2v) is 7.77. The van der Waals surface area contributed by atoms with Gasteiger partial charge in [0.05, 0.1) is 13.7 Å². The first kappa shape index (κ1) is 22.4. The molecular formula is C25H20ClFN2O4. The number of amides is 3. The highest BCUT2D eigenvalue weighted by molar-refractivity contribution is 6.30. The van der Waals surface area contributed by atoms with E-state index in [1.165, 1.54) is 19.2 Å². The summed E-state index contributed by atoms with van der Waals surface area (Å²) in [5.41, 5.74) is 2.41. The van der Waals surface area contributed by atoms with E-state index in [4.69, 9.17) is 21.1 Å². The summed E-state index contributed by atoms with van der Waals surface area (Å²) >= 11 is 5.89. The number of hydrogen-bond donors (Lipinski definition) is 1. The van der Waals surface area contributed by atoms with Crippen molar-refractivity contribution in [2.45, 2.75) is 13.2 Å². The number of nitrogens with zero attached hydrogens (tertiary/aromatic N) is 1. The summed E-state index contributed by atoms with van der Waals surface area (Å²) in [6.45, 7) is 0.379. The molecule has 0 bridgehead atoms. The molecule has 1 aliphatic heterocycles. The summed E-state index contributed by atoms with van der Waals surface area (Å²) in [5, 5.41) is 3.19. The van der Waals surface area contributed by atoms with E-state index < -0.39 is 11.9 Å². The van der Waals surface area contributed by atoms with E-state index in [2.05, 4.69) is 5.32 Å². The minimum Gasteiger partial charge on any atom is -0.493 e. The molecule has 1 aliphatic rings. The molecule has 3 amide bonds. The predicted molar refractivity (Wildman–Crippen MR) is 122 cm³/mol. The van der Waals surface area contributed by atoms with E-state index in [-0.39, 0.29) is 24.7 Å². The minimum atomic E-state index is -0.493. The van der Waals surface area contributed by atoms with Crippen LogP contribution in [0.15, 0.2) is 72.4 Å². The Morgan fingerprint density at radius 2 is 1.67 bits per heavy atom. The molecule has 0 saturated carbocycles. The van der Waals surface area contributed by atoms with Crippen molar-refractivity contribution in [1.29, 1.82) is 0 Å². The van der Waals surface area contributed by atoms with Gasteiger partial charge in [0, 0.05) is 5.02 Å². The molecular weight excluding hydrogens is 447 g/mol. The normalized spacial score (nSPS) is 14.5. The Balaban J connectivity index is 1.47. The molecule has 0 atom stereocenters. The van der Waals surface area contributed by atoms with Crippen molar-refractivity contribution in [3.8, 4) is 11.5 Å². The molecule has 4 rings (SSSR count). The molecule has 1 saturated heterocycles. The molecule has 3 aromatic rings. The summed E-state index contributed by atoms with van der Waals surface area (Å²) in [6, 6.07) is 17.6. The highest BCUT2D eigenvalue weighted by Crippen LogP contribution is 2.30. The van der Waals surface area contributed by atoms with Gasteiger partial charge in [0.1, 0.15) is 18.1 Å². The van der Waals surface area contributed by atoms with Gasteiger partial charge >= 0.3 is 6.03 Å². The molecule has 0 spiro atoms. The van der Waals surface area contributed by atoms with Crippen molar-refractivity contribution in [3.63, 3.8) is 0 Å². The molecule has 0 unspecified atom stereocenters. The van der Waals surface area contributed by atoms with E-state index in [1.807, 2.05) is 0 Å². The standard InChI is InChI=1S/C25H20ClFN2O4/c1-32-23-13-18(6-11-22(23)33-15-17-4-9-20(27)10-5-17)12-21-24(30)29(25(31)28-21)14-16-2-7-19(26)8-3-16/h2-13H,14-15H2,1H3,(H,28,31)/b21-12-. The molecule has 0 radical (unpaired) electrons. The zero-order valence-electron chi connectivity index (χ0n) is 17.7. The van der Waals surface area contributed by atoms with Crippen LogP contribution in [0.4, 0.5) is 9.18 Å². The Bertz CT molecular complexity index is 1210. The van der Waals surface area contributed by atoms with Gasteiger partial charge < -0.3 is 14.8 Å². The fourth-order valence-electron chi connectivity index (χ4n) is 3.29. The van der Waals surface area contributed by atoms with Crippen LogP contribution in [-0.4, -0.2) is 23.9 Å². The van der Waals surface area contributed by atoms with Crippen LogP contribution in [0, 0.1) is 5.82 Å². The highest BCUT2D eigenvalue weighted by atomic mass is 35.5. The zero-order valence-corrected chi connectivity index (χ0v) is 18.4. The van der Waals surface area contributed by atoms with Crippen LogP contribution in [0.1, 0.15) is 16.7 Å². The molecule has 1 heterocycles. The molecule has 1 N–H and O–H groups in total. The lowest BCUT2D eigenvalue weighted by Gasteiger charge is -2.12. The largest absolute Gasteiger partial charge is 0.493 e. The van der Waals surface area contributed by atoms with Gasteiger partial charge in [-0.15, -0.1) is 0 Å². The van der Waals surface area contributed by atoms with Gasteiger partial charge in [-0.25, -0.2) is 9.18 Å². The zero-order chi connectivity index (χ0) is 23.4. The number of hydrogen-bond acceptors (Lipinski definition) is 4. The molecule has 0 aliphatic carbocycles. The van der Waals surface area contributed by atoms with Crippen LogP contribution in [-0.2, 0) is 17.9 Å². The molecule has 3 aromatic carbocycles. The van der Waals surface area contributed by atoms with Gasteiger partial charge in [-0.05, 0) is 59.2 Å². The van der Waals surface area contributed by atoms with E-state index in [0.29, 0.717) is 22.1 Å². The van der Waals surface area contributed by atoms with Crippen molar-refractivity contribution in [1.82, 2.24) is 10.2 Å². The lowest BCUT2D eigenvalue weighted by Crippen LogP contribution is -2.30. The molecule has 0 aromatic heterocycles. The number of methoxy groups -OCH3 is 1. The van der Waals surface area contributed by atoms with Crippen LogP contribution >= 0.6 is 11.6 Å². The Morgan fingerprint density at radius 3 is 2.36 bits per heavy atom. The summed E-state index contributed by atoms with van der Waals surface area (Å²) in [6.07, 6.45) is 1.58. The van der Waals surface area contributed by atoms with Gasteiger partial charge in [-0.1, -0.05) is 41.9 Å². The predicted octanol–water partition coefficient (Wildman–Crippen LogP) is 5.16. The van der Waals surface area contributed by atoms with Gasteiger partial charge in [0.15, 0.2) is 11.5 Å². The quantitative estimate of drug-likeness (QED) is 0.386. The van der Waals surface area contributed by atoms with Crippen molar-refractivity contribution < 1.29 is 23.5 Å². The minimum absolute atomic E-state index is 0.138. The number of halogens is 2. The average molecular weight is 467 g/mol. The molecule has 33 heavy (non-hydrogen) atoms. The third-order valence-electron chi connectivity index (χ3n) is 5.02.